The van der Waals surface area contributed by atoms with Crippen LogP contribution in [0.3, 0.4) is 0 Å². The highest BCUT2D eigenvalue weighted by atomic mass is 15.2. The second-order valence-electron chi connectivity index (χ2n) is 5.39. The van der Waals surface area contributed by atoms with Gasteiger partial charge in [0.2, 0.25) is 0 Å². The number of nitrogens with zero attached hydrogens (tertiary/aromatic N) is 3. The predicted molar refractivity (Wildman–Crippen MR) is 76.1 cm³/mol. The number of rotatable bonds is 3. The van der Waals surface area contributed by atoms with E-state index in [2.05, 4.69) is 47.9 Å². The fourth-order valence-corrected chi connectivity index (χ4v) is 2.56. The summed E-state index contributed by atoms with van der Waals surface area (Å²) in [5.74, 6) is 3.61. The minimum absolute atomic E-state index is 0.732. The van der Waals surface area contributed by atoms with E-state index in [4.69, 9.17) is 0 Å². The van der Waals surface area contributed by atoms with Gasteiger partial charge >= 0.3 is 0 Å². The van der Waals surface area contributed by atoms with Crippen LogP contribution in [0, 0.1) is 18.8 Å². The van der Waals surface area contributed by atoms with Crippen LogP contribution < -0.4 is 10.2 Å². The zero-order valence-corrected chi connectivity index (χ0v) is 11.9. The number of aromatic nitrogens is 2. The summed E-state index contributed by atoms with van der Waals surface area (Å²) in [6, 6.07) is 0. The molecule has 4 heteroatoms. The molecule has 1 fully saturated rings. The van der Waals surface area contributed by atoms with Gasteiger partial charge in [-0.15, -0.1) is 0 Å². The van der Waals surface area contributed by atoms with Crippen molar-refractivity contribution in [2.75, 3.05) is 29.9 Å². The summed E-state index contributed by atoms with van der Waals surface area (Å²) < 4.78 is 0. The van der Waals surface area contributed by atoms with Crippen molar-refractivity contribution >= 4 is 11.6 Å². The van der Waals surface area contributed by atoms with Crippen LogP contribution in [0.2, 0.25) is 0 Å². The normalized spacial score (nSPS) is 24.1. The molecule has 0 saturated carbocycles. The molecule has 2 rings (SSSR count). The smallest absolute Gasteiger partial charge is 0.137 e. The first-order chi connectivity index (χ1) is 8.63. The van der Waals surface area contributed by atoms with Gasteiger partial charge in [0.25, 0.3) is 0 Å². The number of piperidine rings is 1. The second kappa shape index (κ2) is 5.55. The molecule has 0 amide bonds. The van der Waals surface area contributed by atoms with Crippen LogP contribution in [0.5, 0.6) is 0 Å². The van der Waals surface area contributed by atoms with Crippen molar-refractivity contribution in [1.29, 1.82) is 0 Å². The predicted octanol–water partition coefficient (Wildman–Crippen LogP) is 2.70. The van der Waals surface area contributed by atoms with Gasteiger partial charge in [0.15, 0.2) is 0 Å². The maximum absolute atomic E-state index is 4.48. The molecule has 18 heavy (non-hydrogen) atoms. The molecule has 0 spiro atoms. The third kappa shape index (κ3) is 2.57. The lowest BCUT2D eigenvalue weighted by Crippen LogP contribution is -2.39. The Morgan fingerprint density at radius 2 is 2.11 bits per heavy atom. The first kappa shape index (κ1) is 13.1. The van der Waals surface area contributed by atoms with Crippen molar-refractivity contribution in [3.8, 4) is 0 Å². The van der Waals surface area contributed by atoms with E-state index in [1.165, 1.54) is 12.0 Å². The Bertz CT molecular complexity index is 405. The van der Waals surface area contributed by atoms with Crippen LogP contribution in [0.15, 0.2) is 6.33 Å². The average molecular weight is 248 g/mol. The maximum atomic E-state index is 4.48. The highest BCUT2D eigenvalue weighted by molar-refractivity contribution is 5.58. The van der Waals surface area contributed by atoms with E-state index < -0.39 is 0 Å². The zero-order chi connectivity index (χ0) is 13.1. The standard InChI is InChI=1S/C14H24N4/c1-5-15-13-12(4)14(17-9-16-13)18-7-6-10(2)11(3)8-18/h9-11H,5-8H2,1-4H3,(H,15,16,17). The highest BCUT2D eigenvalue weighted by Crippen LogP contribution is 2.29. The first-order valence-corrected chi connectivity index (χ1v) is 6.93. The van der Waals surface area contributed by atoms with Crippen LogP contribution in [-0.4, -0.2) is 29.6 Å². The molecule has 1 aromatic heterocycles. The Labute approximate surface area is 110 Å². The average Bonchev–Trinajstić information content (AvgIpc) is 2.36. The van der Waals surface area contributed by atoms with E-state index >= 15 is 0 Å². The summed E-state index contributed by atoms with van der Waals surface area (Å²) in [6.07, 6.45) is 2.92. The monoisotopic (exact) mass is 248 g/mol. The van der Waals surface area contributed by atoms with Crippen molar-refractivity contribution in [2.24, 2.45) is 11.8 Å². The van der Waals surface area contributed by atoms with Crippen molar-refractivity contribution in [3.63, 3.8) is 0 Å². The van der Waals surface area contributed by atoms with Gasteiger partial charge < -0.3 is 10.2 Å². The maximum Gasteiger partial charge on any atom is 0.137 e. The number of anilines is 2. The fourth-order valence-electron chi connectivity index (χ4n) is 2.56. The highest BCUT2D eigenvalue weighted by Gasteiger charge is 2.25. The van der Waals surface area contributed by atoms with Crippen LogP contribution in [-0.2, 0) is 0 Å². The lowest BCUT2D eigenvalue weighted by Gasteiger charge is -2.36. The van der Waals surface area contributed by atoms with E-state index in [1.807, 2.05) is 0 Å². The second-order valence-corrected chi connectivity index (χ2v) is 5.39. The lowest BCUT2D eigenvalue weighted by molar-refractivity contribution is 0.322. The van der Waals surface area contributed by atoms with Gasteiger partial charge in [-0.3, -0.25) is 0 Å². The summed E-state index contributed by atoms with van der Waals surface area (Å²) in [6.45, 7) is 12.0. The van der Waals surface area contributed by atoms with Crippen LogP contribution in [0.25, 0.3) is 0 Å². The van der Waals surface area contributed by atoms with Crippen molar-refractivity contribution in [3.05, 3.63) is 11.9 Å². The van der Waals surface area contributed by atoms with Gasteiger partial charge in [-0.2, -0.15) is 0 Å². The van der Waals surface area contributed by atoms with Crippen LogP contribution in [0.4, 0.5) is 11.6 Å². The Morgan fingerprint density at radius 1 is 1.33 bits per heavy atom. The van der Waals surface area contributed by atoms with Gasteiger partial charge in [0.05, 0.1) is 0 Å². The van der Waals surface area contributed by atoms with Crippen LogP contribution in [0.1, 0.15) is 32.8 Å². The van der Waals surface area contributed by atoms with E-state index in [9.17, 15) is 0 Å². The molecule has 0 bridgehead atoms. The molecule has 4 nitrogen and oxygen atoms in total. The number of hydrogen-bond donors (Lipinski definition) is 1. The van der Waals surface area contributed by atoms with Crippen LogP contribution >= 0.6 is 0 Å². The molecule has 1 aliphatic heterocycles. The van der Waals surface area contributed by atoms with E-state index in [0.29, 0.717) is 0 Å². The quantitative estimate of drug-likeness (QED) is 0.893. The largest absolute Gasteiger partial charge is 0.370 e. The van der Waals surface area contributed by atoms with E-state index in [1.54, 1.807) is 6.33 Å². The lowest BCUT2D eigenvalue weighted by atomic mass is 9.88. The third-order valence-electron chi connectivity index (χ3n) is 4.04. The fraction of sp³-hybridized carbons (Fsp3) is 0.714. The molecule has 1 aliphatic rings. The van der Waals surface area contributed by atoms with E-state index in [0.717, 1.165) is 43.1 Å². The van der Waals surface area contributed by atoms with Gasteiger partial charge in [-0.05, 0) is 32.1 Å². The molecule has 1 N–H and O–H groups in total. The summed E-state index contributed by atoms with van der Waals surface area (Å²) in [4.78, 5) is 11.2. The minimum atomic E-state index is 0.732. The van der Waals surface area contributed by atoms with Crippen molar-refractivity contribution < 1.29 is 0 Å². The molecule has 0 radical (unpaired) electrons. The van der Waals surface area contributed by atoms with Crippen molar-refractivity contribution in [2.45, 2.75) is 34.1 Å². The Kier molecular flexibility index (Phi) is 4.04. The molecule has 2 unspecified atom stereocenters. The Balaban J connectivity index is 2.20. The molecule has 2 atom stereocenters. The molecule has 1 aromatic rings. The minimum Gasteiger partial charge on any atom is -0.370 e. The molecule has 0 aromatic carbocycles. The number of nitrogens with one attached hydrogen (secondary N) is 1. The molecular formula is C14H24N4. The SMILES string of the molecule is CCNc1ncnc(N2CCC(C)C(C)C2)c1C. The van der Waals surface area contributed by atoms with Gasteiger partial charge in [0, 0.05) is 25.2 Å². The molecule has 100 valence electrons. The number of hydrogen-bond acceptors (Lipinski definition) is 4. The summed E-state index contributed by atoms with van der Waals surface area (Å²) in [7, 11) is 0. The van der Waals surface area contributed by atoms with Gasteiger partial charge in [0.1, 0.15) is 18.0 Å². The molecule has 1 saturated heterocycles. The van der Waals surface area contributed by atoms with Gasteiger partial charge in [-0.1, -0.05) is 13.8 Å². The summed E-state index contributed by atoms with van der Waals surface area (Å²) in [5.41, 5.74) is 1.17. The van der Waals surface area contributed by atoms with Crippen molar-refractivity contribution in [1.82, 2.24) is 9.97 Å². The molecule has 2 heterocycles. The third-order valence-corrected chi connectivity index (χ3v) is 4.04. The first-order valence-electron chi connectivity index (χ1n) is 6.93. The Hall–Kier alpha value is -1.32. The van der Waals surface area contributed by atoms with E-state index in [-0.39, 0.29) is 0 Å². The molecular weight excluding hydrogens is 224 g/mol. The van der Waals surface area contributed by atoms with Gasteiger partial charge in [-0.25, -0.2) is 9.97 Å². The topological polar surface area (TPSA) is 41.1 Å². The Morgan fingerprint density at radius 3 is 2.78 bits per heavy atom. The zero-order valence-electron chi connectivity index (χ0n) is 11.9. The summed E-state index contributed by atoms with van der Waals surface area (Å²) in [5, 5.41) is 3.30. The summed E-state index contributed by atoms with van der Waals surface area (Å²) >= 11 is 0. The molecule has 0 aliphatic carbocycles.